The summed E-state index contributed by atoms with van der Waals surface area (Å²) in [7, 11) is 0. The second-order valence-electron chi connectivity index (χ2n) is 12.9. The first-order valence-corrected chi connectivity index (χ1v) is 16.9. The fraction of sp³-hybridized carbons (Fsp3) is 0.0213. The van der Waals surface area contributed by atoms with E-state index in [0.717, 1.165) is 39.4 Å². The normalized spacial score (nSPS) is 13.2. The highest BCUT2D eigenvalue weighted by Gasteiger charge is 2.45. The molecule has 0 saturated heterocycles. The van der Waals surface area contributed by atoms with Crippen molar-refractivity contribution in [3.63, 3.8) is 0 Å². The molecule has 0 fully saturated rings. The van der Waals surface area contributed by atoms with Crippen LogP contribution in [0.5, 0.6) is 11.5 Å². The molecule has 1 aromatic heterocycles. The predicted octanol–water partition coefficient (Wildman–Crippen LogP) is 12.1. The topological polar surface area (TPSA) is 14.2 Å². The number of hydrogen-bond donors (Lipinski definition) is 0. The maximum atomic E-state index is 6.68. The van der Waals surface area contributed by atoms with E-state index in [0.29, 0.717) is 0 Å². The second kappa shape index (κ2) is 10.8. The van der Waals surface area contributed by atoms with E-state index >= 15 is 0 Å². The van der Waals surface area contributed by atoms with Crippen molar-refractivity contribution in [3.05, 3.63) is 210 Å². The summed E-state index contributed by atoms with van der Waals surface area (Å²) in [6, 6.07) is 67.9. The van der Waals surface area contributed by atoms with E-state index in [-0.39, 0.29) is 0 Å². The number of rotatable bonds is 4. The Morgan fingerprint density at radius 3 is 1.88 bits per heavy atom. The van der Waals surface area contributed by atoms with Gasteiger partial charge in [0.15, 0.2) is 0 Å². The van der Waals surface area contributed by atoms with Crippen LogP contribution in [0.15, 0.2) is 188 Å². The molecule has 230 valence electrons. The maximum absolute atomic E-state index is 6.68. The molecular weight excluding hydrogens is 595 g/mol. The zero-order valence-electron chi connectivity index (χ0n) is 26.8. The third kappa shape index (κ3) is 4.07. The second-order valence-corrected chi connectivity index (χ2v) is 12.9. The number of ether oxygens (including phenoxy) is 1. The van der Waals surface area contributed by atoms with Gasteiger partial charge >= 0.3 is 0 Å². The molecule has 2 nitrogen and oxygen atoms in total. The number of benzene rings is 8. The van der Waals surface area contributed by atoms with Crippen molar-refractivity contribution in [2.75, 3.05) is 0 Å². The highest BCUT2D eigenvalue weighted by molar-refractivity contribution is 6.18. The van der Waals surface area contributed by atoms with Crippen molar-refractivity contribution in [3.8, 4) is 28.3 Å². The minimum absolute atomic E-state index is 0.563. The molecule has 0 radical (unpaired) electrons. The van der Waals surface area contributed by atoms with E-state index in [1.54, 1.807) is 0 Å². The Morgan fingerprint density at radius 2 is 1.06 bits per heavy atom. The third-order valence-electron chi connectivity index (χ3n) is 10.3. The third-order valence-corrected chi connectivity index (χ3v) is 10.3. The van der Waals surface area contributed by atoms with Crippen LogP contribution >= 0.6 is 0 Å². The van der Waals surface area contributed by atoms with Crippen LogP contribution in [0, 0.1) is 0 Å². The Balaban J connectivity index is 1.22. The van der Waals surface area contributed by atoms with Gasteiger partial charge in [0.25, 0.3) is 0 Å². The molecule has 0 N–H and O–H groups in total. The maximum Gasteiger partial charge on any atom is 0.132 e. The SMILES string of the molecule is c1ccc(C2(c3ccccc3)c3ccccc3Oc3ccc(-c4cccc(-n5c6ccccc6c6ccc7ccccc7c65)c4)cc32)cc1. The molecular formula is C47H31NO. The molecule has 0 atom stereocenters. The van der Waals surface area contributed by atoms with Gasteiger partial charge in [-0.25, -0.2) is 0 Å². The van der Waals surface area contributed by atoms with Crippen molar-refractivity contribution in [2.45, 2.75) is 5.41 Å². The van der Waals surface area contributed by atoms with Crippen molar-refractivity contribution >= 4 is 32.6 Å². The largest absolute Gasteiger partial charge is 0.457 e. The van der Waals surface area contributed by atoms with Gasteiger partial charge < -0.3 is 9.30 Å². The number of para-hydroxylation sites is 2. The zero-order chi connectivity index (χ0) is 32.4. The van der Waals surface area contributed by atoms with Crippen LogP contribution in [-0.2, 0) is 5.41 Å². The van der Waals surface area contributed by atoms with E-state index in [1.165, 1.54) is 43.7 Å². The van der Waals surface area contributed by atoms with E-state index in [4.69, 9.17) is 4.74 Å². The number of hydrogen-bond acceptors (Lipinski definition) is 1. The minimum Gasteiger partial charge on any atom is -0.457 e. The van der Waals surface area contributed by atoms with E-state index in [2.05, 4.69) is 193 Å². The summed E-state index contributed by atoms with van der Waals surface area (Å²) >= 11 is 0. The van der Waals surface area contributed by atoms with Gasteiger partial charge in [-0.2, -0.15) is 0 Å². The van der Waals surface area contributed by atoms with Gasteiger partial charge in [0.1, 0.15) is 11.5 Å². The average molecular weight is 626 g/mol. The predicted molar refractivity (Wildman–Crippen MR) is 202 cm³/mol. The number of nitrogens with zero attached hydrogens (tertiary/aromatic N) is 1. The minimum atomic E-state index is -0.563. The number of aromatic nitrogens is 1. The molecule has 8 aromatic carbocycles. The lowest BCUT2D eigenvalue weighted by Gasteiger charge is -2.41. The highest BCUT2D eigenvalue weighted by Crippen LogP contribution is 2.55. The summed E-state index contributed by atoms with van der Waals surface area (Å²) < 4.78 is 9.12. The van der Waals surface area contributed by atoms with Crippen molar-refractivity contribution < 1.29 is 4.74 Å². The zero-order valence-corrected chi connectivity index (χ0v) is 26.8. The molecule has 9 aromatic rings. The fourth-order valence-corrected chi connectivity index (χ4v) is 8.21. The quantitative estimate of drug-likeness (QED) is 0.190. The Labute approximate surface area is 285 Å². The molecule has 0 bridgehead atoms. The molecule has 2 heteroatoms. The lowest BCUT2D eigenvalue weighted by atomic mass is 9.63. The van der Waals surface area contributed by atoms with Gasteiger partial charge in [-0.05, 0) is 64.0 Å². The molecule has 10 rings (SSSR count). The standard InChI is InChI=1S/C47H31NO/c1-3-16-35(17-4-1)47(36-18-5-2-6-19-36)41-23-10-12-25-44(41)49-45-29-27-34(31-42(45)47)33-15-13-20-37(30-33)48-43-24-11-9-22-39(43)40-28-26-32-14-7-8-21-38(32)46(40)48/h1-31H. The summed E-state index contributed by atoms with van der Waals surface area (Å²) in [5.74, 6) is 1.76. The summed E-state index contributed by atoms with van der Waals surface area (Å²) in [6.07, 6.45) is 0. The van der Waals surface area contributed by atoms with E-state index in [1.807, 2.05) is 0 Å². The molecule has 0 spiro atoms. The monoisotopic (exact) mass is 625 g/mol. The molecule has 0 amide bonds. The fourth-order valence-electron chi connectivity index (χ4n) is 8.21. The Morgan fingerprint density at radius 1 is 0.408 bits per heavy atom. The first-order valence-electron chi connectivity index (χ1n) is 16.9. The van der Waals surface area contributed by atoms with Crippen molar-refractivity contribution in [2.24, 2.45) is 0 Å². The van der Waals surface area contributed by atoms with Gasteiger partial charge in [-0.3, -0.25) is 0 Å². The number of fused-ring (bicyclic) bond motifs is 7. The summed E-state index contributed by atoms with van der Waals surface area (Å²) in [4.78, 5) is 0. The van der Waals surface area contributed by atoms with Crippen molar-refractivity contribution in [1.29, 1.82) is 0 Å². The molecule has 0 aliphatic carbocycles. The summed E-state index contributed by atoms with van der Waals surface area (Å²) in [5, 5.41) is 5.01. The van der Waals surface area contributed by atoms with Gasteiger partial charge in [0, 0.05) is 33.0 Å². The highest BCUT2D eigenvalue weighted by atomic mass is 16.5. The van der Waals surface area contributed by atoms with Gasteiger partial charge in [-0.15, -0.1) is 0 Å². The van der Waals surface area contributed by atoms with Crippen LogP contribution in [0.1, 0.15) is 22.3 Å². The molecule has 1 aliphatic heterocycles. The molecule has 0 saturated carbocycles. The van der Waals surface area contributed by atoms with Crippen molar-refractivity contribution in [1.82, 2.24) is 4.57 Å². The Hall–Kier alpha value is -6.38. The first-order chi connectivity index (χ1) is 24.3. The molecule has 2 heterocycles. The Kier molecular flexibility index (Phi) is 6.13. The van der Waals surface area contributed by atoms with Crippen LogP contribution in [0.2, 0.25) is 0 Å². The lowest BCUT2D eigenvalue weighted by molar-refractivity contribution is 0.434. The Bertz CT molecular complexity index is 2650. The molecule has 49 heavy (non-hydrogen) atoms. The summed E-state index contributed by atoms with van der Waals surface area (Å²) in [6.45, 7) is 0. The smallest absolute Gasteiger partial charge is 0.132 e. The van der Waals surface area contributed by atoms with Crippen LogP contribution < -0.4 is 4.74 Å². The van der Waals surface area contributed by atoms with E-state index < -0.39 is 5.41 Å². The first kappa shape index (κ1) is 27.7. The molecule has 0 unspecified atom stereocenters. The van der Waals surface area contributed by atoms with Crippen LogP contribution in [-0.4, -0.2) is 4.57 Å². The van der Waals surface area contributed by atoms with Gasteiger partial charge in [0.05, 0.1) is 16.4 Å². The molecule has 1 aliphatic rings. The van der Waals surface area contributed by atoms with Crippen LogP contribution in [0.25, 0.3) is 49.4 Å². The van der Waals surface area contributed by atoms with Crippen LogP contribution in [0.3, 0.4) is 0 Å². The van der Waals surface area contributed by atoms with Gasteiger partial charge in [-0.1, -0.05) is 152 Å². The van der Waals surface area contributed by atoms with Gasteiger partial charge in [0.2, 0.25) is 0 Å². The average Bonchev–Trinajstić information content (AvgIpc) is 3.52. The lowest BCUT2D eigenvalue weighted by Crippen LogP contribution is -2.34. The van der Waals surface area contributed by atoms with Crippen LogP contribution in [0.4, 0.5) is 0 Å². The van der Waals surface area contributed by atoms with E-state index in [9.17, 15) is 0 Å². The summed E-state index contributed by atoms with van der Waals surface area (Å²) in [5.41, 5.74) is 10.0.